The average Bonchev–Trinajstić information content (AvgIpc) is 2.76. The maximum Gasteiger partial charge on any atom is 0.328 e. The Morgan fingerprint density at radius 1 is 0.971 bits per heavy atom. The van der Waals surface area contributed by atoms with Gasteiger partial charge in [-0.1, -0.05) is 6.07 Å². The number of carbonyl (C=O) groups is 1. The number of ether oxygens (including phenoxy) is 4. The fourth-order valence-electron chi connectivity index (χ4n) is 2.98. The van der Waals surface area contributed by atoms with E-state index in [1.54, 1.807) is 30.3 Å². The third kappa shape index (κ3) is 7.56. The summed E-state index contributed by atoms with van der Waals surface area (Å²) in [6.45, 7) is 2.99. The molecule has 0 bridgehead atoms. The molecule has 34 heavy (non-hydrogen) atoms. The van der Waals surface area contributed by atoms with Gasteiger partial charge in [0.2, 0.25) is 0 Å². The standard InChI is InChI=1S/C23H29NO8S.Na/c1-23(2,22(25)26)24-18-11-15(7-8-19(18)30-4)14-33(27,28)10-9-17-20(31-5)12-16(29-3)13-21(17)32-6;/h7-13,24H,14H2,1-6H3,(H,25,26);. The predicted molar refractivity (Wildman–Crippen MR) is 132 cm³/mol. The number of carboxylic acids is 1. The van der Waals surface area contributed by atoms with E-state index in [0.29, 0.717) is 39.8 Å². The van der Waals surface area contributed by atoms with Crippen LogP contribution in [0.5, 0.6) is 23.0 Å². The Morgan fingerprint density at radius 2 is 1.53 bits per heavy atom. The summed E-state index contributed by atoms with van der Waals surface area (Å²) in [5.74, 6) is 0.318. The molecule has 0 aliphatic rings. The number of carboxylic acid groups (broad SMARTS) is 1. The zero-order valence-corrected chi connectivity index (χ0v) is 23.3. The molecule has 181 valence electrons. The number of aliphatic carboxylic acids is 1. The van der Waals surface area contributed by atoms with Gasteiger partial charge in [0.1, 0.15) is 28.5 Å². The summed E-state index contributed by atoms with van der Waals surface area (Å²) in [5, 5.41) is 13.3. The number of anilines is 1. The maximum absolute atomic E-state index is 12.8. The number of rotatable bonds is 11. The van der Waals surface area contributed by atoms with Gasteiger partial charge in [-0.25, -0.2) is 13.2 Å². The molecule has 2 N–H and O–H groups in total. The molecule has 0 aromatic heterocycles. The molecule has 0 saturated heterocycles. The summed E-state index contributed by atoms with van der Waals surface area (Å²) in [7, 11) is 2.17. The first kappa shape index (κ1) is 29.6. The van der Waals surface area contributed by atoms with E-state index in [2.05, 4.69) is 5.32 Å². The summed E-state index contributed by atoms with van der Waals surface area (Å²) >= 11 is 0. The van der Waals surface area contributed by atoms with Crippen LogP contribution in [0, 0.1) is 0 Å². The van der Waals surface area contributed by atoms with Crippen molar-refractivity contribution in [3.63, 3.8) is 0 Å². The van der Waals surface area contributed by atoms with Gasteiger partial charge in [-0.2, -0.15) is 0 Å². The zero-order valence-electron chi connectivity index (χ0n) is 20.5. The fraction of sp³-hybridized carbons (Fsp3) is 0.348. The van der Waals surface area contributed by atoms with Crippen molar-refractivity contribution >= 4 is 57.1 Å². The zero-order chi connectivity index (χ0) is 24.8. The van der Waals surface area contributed by atoms with Crippen molar-refractivity contribution in [2.45, 2.75) is 25.1 Å². The molecule has 0 saturated carbocycles. The van der Waals surface area contributed by atoms with Gasteiger partial charge in [-0.3, -0.25) is 0 Å². The molecule has 11 heteroatoms. The topological polar surface area (TPSA) is 120 Å². The summed E-state index contributed by atoms with van der Waals surface area (Å²) in [5.41, 5.74) is -0.00543. The van der Waals surface area contributed by atoms with E-state index >= 15 is 0 Å². The van der Waals surface area contributed by atoms with Gasteiger partial charge >= 0.3 is 5.97 Å². The van der Waals surface area contributed by atoms with E-state index in [4.69, 9.17) is 18.9 Å². The maximum atomic E-state index is 12.8. The molecule has 0 heterocycles. The van der Waals surface area contributed by atoms with E-state index in [1.807, 2.05) is 0 Å². The second-order valence-electron chi connectivity index (χ2n) is 7.65. The molecule has 0 aliphatic heterocycles. The fourth-order valence-corrected chi connectivity index (χ4v) is 4.07. The molecule has 0 fully saturated rings. The second-order valence-corrected chi connectivity index (χ2v) is 9.53. The van der Waals surface area contributed by atoms with Crippen LogP contribution in [0.15, 0.2) is 35.7 Å². The normalized spacial score (nSPS) is 11.5. The molecule has 0 amide bonds. The Bertz CT molecular complexity index is 1120. The van der Waals surface area contributed by atoms with Crippen LogP contribution in [0.4, 0.5) is 5.69 Å². The first-order chi connectivity index (χ1) is 15.5. The Hall–Kier alpha value is -2.40. The van der Waals surface area contributed by atoms with Gasteiger partial charge in [-0.05, 0) is 37.6 Å². The number of benzene rings is 2. The average molecular weight is 503 g/mol. The Labute approximate surface area is 222 Å². The van der Waals surface area contributed by atoms with Gasteiger partial charge in [0.05, 0.1) is 45.4 Å². The van der Waals surface area contributed by atoms with E-state index in [9.17, 15) is 18.3 Å². The largest absolute Gasteiger partial charge is 0.496 e. The number of nitrogens with one attached hydrogen (secondary N) is 1. The minimum atomic E-state index is -3.70. The third-order valence-corrected chi connectivity index (χ3v) is 6.10. The summed E-state index contributed by atoms with van der Waals surface area (Å²) in [6, 6.07) is 8.01. The summed E-state index contributed by atoms with van der Waals surface area (Å²) in [6.07, 6.45) is 1.41. The minimum Gasteiger partial charge on any atom is -0.496 e. The summed E-state index contributed by atoms with van der Waals surface area (Å²) < 4.78 is 46.8. The molecule has 0 aliphatic carbocycles. The molecule has 0 atom stereocenters. The van der Waals surface area contributed by atoms with Crippen LogP contribution in [0.2, 0.25) is 0 Å². The SMILES string of the molecule is COc1cc(OC)c(C=CS(=O)(=O)Cc2ccc(OC)c(NC(C)(C)C(=O)O)c2)c(OC)c1.[Na]. The second kappa shape index (κ2) is 12.3. The Morgan fingerprint density at radius 3 is 2.00 bits per heavy atom. The van der Waals surface area contributed by atoms with Crippen molar-refractivity contribution in [2.24, 2.45) is 0 Å². The van der Waals surface area contributed by atoms with Crippen LogP contribution in [0.1, 0.15) is 25.0 Å². The number of hydrogen-bond acceptors (Lipinski definition) is 8. The van der Waals surface area contributed by atoms with Crippen LogP contribution >= 0.6 is 0 Å². The van der Waals surface area contributed by atoms with Crippen molar-refractivity contribution in [3.05, 3.63) is 46.9 Å². The van der Waals surface area contributed by atoms with E-state index in [0.717, 1.165) is 5.41 Å². The van der Waals surface area contributed by atoms with Crippen LogP contribution < -0.4 is 24.3 Å². The van der Waals surface area contributed by atoms with Crippen molar-refractivity contribution in [1.29, 1.82) is 0 Å². The number of methoxy groups -OCH3 is 4. The van der Waals surface area contributed by atoms with E-state index < -0.39 is 21.3 Å². The number of hydrogen-bond donors (Lipinski definition) is 2. The third-order valence-electron chi connectivity index (χ3n) is 4.81. The molecular weight excluding hydrogens is 473 g/mol. The molecule has 2 rings (SSSR count). The minimum absolute atomic E-state index is 0. The quantitative estimate of drug-likeness (QED) is 0.446. The van der Waals surface area contributed by atoms with Crippen LogP contribution in [-0.2, 0) is 20.4 Å². The van der Waals surface area contributed by atoms with Crippen molar-refractivity contribution in [2.75, 3.05) is 33.8 Å². The van der Waals surface area contributed by atoms with Gasteiger partial charge < -0.3 is 29.4 Å². The van der Waals surface area contributed by atoms with Gasteiger partial charge in [0.15, 0.2) is 9.84 Å². The Kier molecular flexibility index (Phi) is 10.8. The molecule has 0 spiro atoms. The molecule has 9 nitrogen and oxygen atoms in total. The van der Waals surface area contributed by atoms with Gasteiger partial charge in [-0.15, -0.1) is 0 Å². The van der Waals surface area contributed by atoms with Crippen LogP contribution in [-0.4, -0.2) is 83.0 Å². The first-order valence-electron chi connectivity index (χ1n) is 9.85. The summed E-state index contributed by atoms with van der Waals surface area (Å²) in [4.78, 5) is 11.5. The van der Waals surface area contributed by atoms with Crippen LogP contribution in [0.3, 0.4) is 0 Å². The van der Waals surface area contributed by atoms with Crippen molar-refractivity contribution < 1.29 is 37.3 Å². The van der Waals surface area contributed by atoms with Gasteiger partial charge in [0.25, 0.3) is 0 Å². The van der Waals surface area contributed by atoms with Gasteiger partial charge in [0, 0.05) is 47.1 Å². The first-order valence-corrected chi connectivity index (χ1v) is 11.6. The molecule has 0 unspecified atom stereocenters. The molecule has 2 aromatic rings. The van der Waals surface area contributed by atoms with Crippen LogP contribution in [0.25, 0.3) is 6.08 Å². The Balaban J connectivity index is 0.00000578. The van der Waals surface area contributed by atoms with E-state index in [1.165, 1.54) is 48.4 Å². The smallest absolute Gasteiger partial charge is 0.328 e. The van der Waals surface area contributed by atoms with Crippen molar-refractivity contribution in [3.8, 4) is 23.0 Å². The molecule has 2 aromatic carbocycles. The number of sulfone groups is 1. The van der Waals surface area contributed by atoms with E-state index in [-0.39, 0.29) is 35.3 Å². The monoisotopic (exact) mass is 502 g/mol. The molecule has 1 radical (unpaired) electrons. The predicted octanol–water partition coefficient (Wildman–Crippen LogP) is 3.20. The molecular formula is C23H29NNaO8S. The van der Waals surface area contributed by atoms with Crippen molar-refractivity contribution in [1.82, 2.24) is 0 Å².